The van der Waals surface area contributed by atoms with E-state index < -0.39 is 0 Å². The molecule has 0 aromatic carbocycles. The number of rotatable bonds is 4. The highest BCUT2D eigenvalue weighted by atomic mass is 16.5. The van der Waals surface area contributed by atoms with Gasteiger partial charge in [-0.05, 0) is 19.4 Å². The molecule has 5 nitrogen and oxygen atoms in total. The van der Waals surface area contributed by atoms with Crippen molar-refractivity contribution in [3.8, 4) is 0 Å². The molecule has 0 aliphatic carbocycles. The van der Waals surface area contributed by atoms with Gasteiger partial charge in [-0.1, -0.05) is 6.92 Å². The first-order chi connectivity index (χ1) is 7.40. The van der Waals surface area contributed by atoms with Crippen LogP contribution in [0.25, 0.3) is 0 Å². The summed E-state index contributed by atoms with van der Waals surface area (Å²) in [5.41, 5.74) is 0. The summed E-state index contributed by atoms with van der Waals surface area (Å²) in [6, 6.07) is 0.474. The van der Waals surface area contributed by atoms with Crippen LogP contribution in [0.5, 0.6) is 0 Å². The van der Waals surface area contributed by atoms with Gasteiger partial charge in [0, 0.05) is 13.2 Å². The van der Waals surface area contributed by atoms with Crippen LogP contribution in [0.3, 0.4) is 0 Å². The van der Waals surface area contributed by atoms with Gasteiger partial charge in [0.1, 0.15) is 6.33 Å². The van der Waals surface area contributed by atoms with E-state index in [0.717, 1.165) is 45.0 Å². The summed E-state index contributed by atoms with van der Waals surface area (Å²) >= 11 is 0. The van der Waals surface area contributed by atoms with Gasteiger partial charge in [-0.3, -0.25) is 0 Å². The number of hydrogen-bond donors (Lipinski definition) is 1. The second-order valence-corrected chi connectivity index (χ2v) is 3.76. The fraction of sp³-hybridized carbons (Fsp3) is 0.800. The highest BCUT2D eigenvalue weighted by Gasteiger charge is 2.16. The molecule has 1 aromatic rings. The lowest BCUT2D eigenvalue weighted by Crippen LogP contribution is -2.20. The molecule has 1 saturated heterocycles. The van der Waals surface area contributed by atoms with Crippen LogP contribution in [0.1, 0.15) is 31.6 Å². The molecule has 1 aliphatic heterocycles. The van der Waals surface area contributed by atoms with Crippen LogP contribution in [0.2, 0.25) is 0 Å². The number of hydrogen-bond acceptors (Lipinski definition) is 4. The predicted molar refractivity (Wildman–Crippen MR) is 56.5 cm³/mol. The Kier molecular flexibility index (Phi) is 3.69. The number of aromatic nitrogens is 3. The summed E-state index contributed by atoms with van der Waals surface area (Å²) in [7, 11) is 0. The molecule has 0 bridgehead atoms. The third-order valence-corrected chi connectivity index (χ3v) is 2.65. The highest BCUT2D eigenvalue weighted by Crippen LogP contribution is 2.18. The molecule has 2 heterocycles. The molecular formula is C10H18N4O. The van der Waals surface area contributed by atoms with E-state index in [0.29, 0.717) is 6.04 Å². The minimum absolute atomic E-state index is 0.474. The summed E-state index contributed by atoms with van der Waals surface area (Å²) < 4.78 is 7.30. The number of ether oxygens (including phenoxy) is 1. The Morgan fingerprint density at radius 1 is 1.53 bits per heavy atom. The van der Waals surface area contributed by atoms with Crippen molar-refractivity contribution in [2.24, 2.45) is 0 Å². The molecular weight excluding hydrogens is 192 g/mol. The van der Waals surface area contributed by atoms with Gasteiger partial charge in [0.05, 0.1) is 12.6 Å². The molecule has 1 N–H and O–H groups in total. The molecule has 84 valence electrons. The summed E-state index contributed by atoms with van der Waals surface area (Å²) in [5, 5.41) is 7.68. The van der Waals surface area contributed by atoms with Gasteiger partial charge in [-0.25, -0.2) is 9.67 Å². The lowest BCUT2D eigenvalue weighted by molar-refractivity contribution is 0.0660. The van der Waals surface area contributed by atoms with Gasteiger partial charge in [-0.2, -0.15) is 5.10 Å². The summed E-state index contributed by atoms with van der Waals surface area (Å²) in [4.78, 5) is 4.28. The minimum Gasteiger partial charge on any atom is -0.381 e. The van der Waals surface area contributed by atoms with Crippen molar-refractivity contribution in [1.29, 1.82) is 0 Å². The summed E-state index contributed by atoms with van der Waals surface area (Å²) in [6.45, 7) is 5.47. The van der Waals surface area contributed by atoms with Crippen molar-refractivity contribution in [3.05, 3.63) is 12.2 Å². The van der Waals surface area contributed by atoms with Crippen LogP contribution in [0.4, 0.5) is 0 Å². The van der Waals surface area contributed by atoms with Crippen LogP contribution in [-0.4, -0.2) is 34.5 Å². The molecule has 0 unspecified atom stereocenters. The van der Waals surface area contributed by atoms with Gasteiger partial charge in [0.15, 0.2) is 5.82 Å². The highest BCUT2D eigenvalue weighted by molar-refractivity contribution is 4.83. The van der Waals surface area contributed by atoms with E-state index in [1.54, 1.807) is 0 Å². The number of nitrogens with one attached hydrogen (secondary N) is 1. The van der Waals surface area contributed by atoms with E-state index in [1.165, 1.54) is 0 Å². The van der Waals surface area contributed by atoms with Gasteiger partial charge in [0.2, 0.25) is 0 Å². The first-order valence-corrected chi connectivity index (χ1v) is 5.58. The van der Waals surface area contributed by atoms with Gasteiger partial charge >= 0.3 is 0 Å². The maximum Gasteiger partial charge on any atom is 0.164 e. The van der Waals surface area contributed by atoms with Gasteiger partial charge in [0.25, 0.3) is 0 Å². The van der Waals surface area contributed by atoms with Crippen LogP contribution < -0.4 is 5.32 Å². The summed E-state index contributed by atoms with van der Waals surface area (Å²) in [5.74, 6) is 0.878. The zero-order chi connectivity index (χ0) is 10.5. The van der Waals surface area contributed by atoms with Crippen molar-refractivity contribution in [3.63, 3.8) is 0 Å². The first-order valence-electron chi connectivity index (χ1n) is 5.58. The molecule has 0 radical (unpaired) electrons. The summed E-state index contributed by atoms with van der Waals surface area (Å²) in [6.07, 6.45) is 3.93. The van der Waals surface area contributed by atoms with E-state index in [-0.39, 0.29) is 0 Å². The largest absolute Gasteiger partial charge is 0.381 e. The second-order valence-electron chi connectivity index (χ2n) is 3.76. The van der Waals surface area contributed by atoms with Crippen LogP contribution >= 0.6 is 0 Å². The number of nitrogens with zero attached hydrogens (tertiary/aromatic N) is 3. The molecule has 5 heteroatoms. The third-order valence-electron chi connectivity index (χ3n) is 2.65. The average molecular weight is 210 g/mol. The molecule has 0 amide bonds. The molecule has 1 aliphatic rings. The van der Waals surface area contributed by atoms with Gasteiger partial charge < -0.3 is 10.1 Å². The third kappa shape index (κ3) is 2.76. The molecule has 0 atom stereocenters. The van der Waals surface area contributed by atoms with Crippen molar-refractivity contribution < 1.29 is 4.74 Å². The Morgan fingerprint density at radius 2 is 2.33 bits per heavy atom. The Labute approximate surface area is 89.8 Å². The Hall–Kier alpha value is -0.940. The van der Waals surface area contributed by atoms with E-state index in [2.05, 4.69) is 22.3 Å². The predicted octanol–water partition coefficient (Wildman–Crippen LogP) is 0.739. The smallest absolute Gasteiger partial charge is 0.164 e. The lowest BCUT2D eigenvalue weighted by Gasteiger charge is -2.21. The molecule has 1 fully saturated rings. The molecule has 15 heavy (non-hydrogen) atoms. The maximum atomic E-state index is 5.32. The second kappa shape index (κ2) is 5.23. The quantitative estimate of drug-likeness (QED) is 0.796. The molecule has 0 spiro atoms. The monoisotopic (exact) mass is 210 g/mol. The van der Waals surface area contributed by atoms with E-state index in [1.807, 2.05) is 11.0 Å². The zero-order valence-electron chi connectivity index (χ0n) is 9.15. The Balaban J connectivity index is 1.93. The van der Waals surface area contributed by atoms with Crippen molar-refractivity contribution in [1.82, 2.24) is 20.1 Å². The average Bonchev–Trinajstić information content (AvgIpc) is 2.76. The fourth-order valence-electron chi connectivity index (χ4n) is 1.75. The topological polar surface area (TPSA) is 52.0 Å². The fourth-order valence-corrected chi connectivity index (χ4v) is 1.75. The minimum atomic E-state index is 0.474. The van der Waals surface area contributed by atoms with Crippen molar-refractivity contribution in [2.75, 3.05) is 19.8 Å². The Bertz CT molecular complexity index is 293. The maximum absolute atomic E-state index is 5.32. The lowest BCUT2D eigenvalue weighted by atomic mass is 10.1. The molecule has 0 saturated carbocycles. The van der Waals surface area contributed by atoms with Gasteiger partial charge in [-0.15, -0.1) is 0 Å². The van der Waals surface area contributed by atoms with Crippen LogP contribution in [0.15, 0.2) is 6.33 Å². The van der Waals surface area contributed by atoms with E-state index >= 15 is 0 Å². The standard InChI is InChI=1S/C10H18N4O/c1-2-11-7-10-12-8-14(13-10)9-3-5-15-6-4-9/h8-9,11H,2-7H2,1H3. The molecule has 1 aromatic heterocycles. The van der Waals surface area contributed by atoms with Crippen molar-refractivity contribution in [2.45, 2.75) is 32.4 Å². The normalized spacial score (nSPS) is 18.2. The van der Waals surface area contributed by atoms with Crippen molar-refractivity contribution >= 4 is 0 Å². The van der Waals surface area contributed by atoms with E-state index in [4.69, 9.17) is 4.74 Å². The SMILES string of the molecule is CCNCc1ncn(C2CCOCC2)n1. The van der Waals surface area contributed by atoms with E-state index in [9.17, 15) is 0 Å². The molecule has 2 rings (SSSR count). The Morgan fingerprint density at radius 3 is 3.07 bits per heavy atom. The van der Waals surface area contributed by atoms with Crippen LogP contribution in [0, 0.1) is 0 Å². The zero-order valence-corrected chi connectivity index (χ0v) is 9.15. The van der Waals surface area contributed by atoms with Crippen LogP contribution in [-0.2, 0) is 11.3 Å². The first kappa shape index (κ1) is 10.6.